The van der Waals surface area contributed by atoms with Crippen molar-refractivity contribution in [2.75, 3.05) is 12.8 Å². The third-order valence-electron chi connectivity index (χ3n) is 1.92. The van der Waals surface area contributed by atoms with Crippen LogP contribution in [0.3, 0.4) is 0 Å². The van der Waals surface area contributed by atoms with Gasteiger partial charge >= 0.3 is 5.97 Å². The number of hydrogen-bond donors (Lipinski definition) is 2. The van der Waals surface area contributed by atoms with Crippen molar-refractivity contribution in [1.29, 1.82) is 0 Å². The predicted molar refractivity (Wildman–Crippen MR) is 60.2 cm³/mol. The molecule has 0 saturated carbocycles. The van der Waals surface area contributed by atoms with Gasteiger partial charge in [0.1, 0.15) is 10.9 Å². The summed E-state index contributed by atoms with van der Waals surface area (Å²) in [5, 5.41) is 2.83. The van der Waals surface area contributed by atoms with Crippen molar-refractivity contribution in [3.05, 3.63) is 10.6 Å². The third-order valence-corrected chi connectivity index (χ3v) is 2.91. The Balaban J connectivity index is 2.73. The molecule has 0 aliphatic rings. The molecule has 0 aromatic carbocycles. The molecule has 0 saturated heterocycles. The van der Waals surface area contributed by atoms with Crippen LogP contribution in [0.5, 0.6) is 0 Å². The second-order valence-corrected chi connectivity index (χ2v) is 4.22. The van der Waals surface area contributed by atoms with Crippen molar-refractivity contribution in [1.82, 2.24) is 10.3 Å². The molecule has 0 aliphatic carbocycles. The van der Waals surface area contributed by atoms with E-state index in [0.29, 0.717) is 15.7 Å². The van der Waals surface area contributed by atoms with Gasteiger partial charge in [-0.2, -0.15) is 0 Å². The lowest BCUT2D eigenvalue weighted by atomic mass is 10.3. The van der Waals surface area contributed by atoms with E-state index in [1.54, 1.807) is 13.8 Å². The first kappa shape index (κ1) is 12.4. The maximum atomic E-state index is 11.7. The van der Waals surface area contributed by atoms with E-state index in [1.807, 2.05) is 0 Å². The van der Waals surface area contributed by atoms with E-state index in [1.165, 1.54) is 7.11 Å². The lowest BCUT2D eigenvalue weighted by molar-refractivity contribution is -0.142. The summed E-state index contributed by atoms with van der Waals surface area (Å²) < 4.78 is 4.49. The number of hydrogen-bond acceptors (Lipinski definition) is 6. The predicted octanol–water partition coefficient (Wildman–Crippen LogP) is 0.325. The standard InChI is InChI=1S/C9H13N3O3S/c1-4-6(16-9(10)12-4)7(13)11-5(2)8(14)15-3/h5H,1-3H3,(H2,10,12)(H,11,13)/t5-/m0/s1. The van der Waals surface area contributed by atoms with Gasteiger partial charge in [-0.05, 0) is 13.8 Å². The smallest absolute Gasteiger partial charge is 0.328 e. The van der Waals surface area contributed by atoms with Gasteiger partial charge in [0, 0.05) is 0 Å². The Morgan fingerprint density at radius 1 is 1.56 bits per heavy atom. The molecule has 1 aromatic heterocycles. The number of aryl methyl sites for hydroxylation is 1. The van der Waals surface area contributed by atoms with E-state index in [0.717, 1.165) is 11.3 Å². The van der Waals surface area contributed by atoms with Crippen LogP contribution in [-0.2, 0) is 9.53 Å². The van der Waals surface area contributed by atoms with E-state index in [9.17, 15) is 9.59 Å². The fourth-order valence-corrected chi connectivity index (χ4v) is 1.86. The highest BCUT2D eigenvalue weighted by atomic mass is 32.1. The van der Waals surface area contributed by atoms with Gasteiger partial charge < -0.3 is 15.8 Å². The van der Waals surface area contributed by atoms with E-state index in [-0.39, 0.29) is 5.91 Å². The van der Waals surface area contributed by atoms with Crippen LogP contribution in [0, 0.1) is 6.92 Å². The quantitative estimate of drug-likeness (QED) is 0.746. The van der Waals surface area contributed by atoms with Crippen molar-refractivity contribution < 1.29 is 14.3 Å². The number of carbonyl (C=O) groups excluding carboxylic acids is 2. The summed E-state index contributed by atoms with van der Waals surface area (Å²) in [6, 6.07) is -0.694. The zero-order valence-electron chi connectivity index (χ0n) is 9.23. The maximum absolute atomic E-state index is 11.7. The Morgan fingerprint density at radius 3 is 2.62 bits per heavy atom. The van der Waals surface area contributed by atoms with Crippen LogP contribution in [0.25, 0.3) is 0 Å². The number of ether oxygens (including phenoxy) is 1. The van der Waals surface area contributed by atoms with Crippen molar-refractivity contribution in [3.63, 3.8) is 0 Å². The molecule has 0 aliphatic heterocycles. The minimum absolute atomic E-state index is 0.327. The molecule has 6 nitrogen and oxygen atoms in total. The normalized spacial score (nSPS) is 11.9. The SMILES string of the molecule is COC(=O)[C@H](C)NC(=O)c1sc(N)nc1C. The number of nitrogens with two attached hydrogens (primary N) is 1. The van der Waals surface area contributed by atoms with Crippen molar-refractivity contribution in [3.8, 4) is 0 Å². The average molecular weight is 243 g/mol. The lowest BCUT2D eigenvalue weighted by Gasteiger charge is -2.10. The molecule has 1 rings (SSSR count). The Hall–Kier alpha value is -1.63. The number of thiazole rings is 1. The number of aromatic nitrogens is 1. The fraction of sp³-hybridized carbons (Fsp3) is 0.444. The molecular weight excluding hydrogens is 230 g/mol. The molecular formula is C9H13N3O3S. The van der Waals surface area contributed by atoms with Crippen LogP contribution >= 0.6 is 11.3 Å². The summed E-state index contributed by atoms with van der Waals surface area (Å²) in [5.41, 5.74) is 6.02. The molecule has 1 atom stereocenters. The Bertz CT molecular complexity index is 416. The van der Waals surface area contributed by atoms with Gasteiger partial charge in [0.15, 0.2) is 5.13 Å². The topological polar surface area (TPSA) is 94.3 Å². The molecule has 0 unspecified atom stereocenters. The lowest BCUT2D eigenvalue weighted by Crippen LogP contribution is -2.39. The van der Waals surface area contributed by atoms with Gasteiger partial charge in [-0.15, -0.1) is 0 Å². The first-order valence-electron chi connectivity index (χ1n) is 4.57. The molecule has 7 heteroatoms. The van der Waals surface area contributed by atoms with Crippen LogP contribution in [0.4, 0.5) is 5.13 Å². The fourth-order valence-electron chi connectivity index (χ4n) is 1.13. The van der Waals surface area contributed by atoms with Gasteiger partial charge in [-0.25, -0.2) is 9.78 Å². The van der Waals surface area contributed by atoms with E-state index < -0.39 is 12.0 Å². The Labute approximate surface area is 96.8 Å². The second-order valence-electron chi connectivity index (χ2n) is 3.18. The van der Waals surface area contributed by atoms with Crippen LogP contribution in [0.2, 0.25) is 0 Å². The largest absolute Gasteiger partial charge is 0.467 e. The number of nitrogens with zero attached hydrogens (tertiary/aromatic N) is 1. The maximum Gasteiger partial charge on any atom is 0.328 e. The number of nitrogen functional groups attached to an aromatic ring is 1. The highest BCUT2D eigenvalue weighted by Crippen LogP contribution is 2.19. The van der Waals surface area contributed by atoms with Crippen LogP contribution in [-0.4, -0.2) is 30.0 Å². The number of anilines is 1. The number of nitrogens with one attached hydrogen (secondary N) is 1. The summed E-state index contributed by atoms with van der Waals surface area (Å²) in [7, 11) is 1.26. The molecule has 3 N–H and O–H groups in total. The first-order chi connectivity index (χ1) is 7.45. The summed E-state index contributed by atoms with van der Waals surface area (Å²) in [5.74, 6) is -0.868. The van der Waals surface area contributed by atoms with Gasteiger partial charge in [-0.1, -0.05) is 11.3 Å². The molecule has 1 heterocycles. The highest BCUT2D eigenvalue weighted by Gasteiger charge is 2.20. The van der Waals surface area contributed by atoms with Crippen LogP contribution in [0.1, 0.15) is 22.3 Å². The van der Waals surface area contributed by atoms with E-state index >= 15 is 0 Å². The molecule has 0 bridgehead atoms. The molecule has 1 aromatic rings. The molecule has 0 fully saturated rings. The van der Waals surface area contributed by atoms with E-state index in [2.05, 4.69) is 15.0 Å². The Morgan fingerprint density at radius 2 is 2.19 bits per heavy atom. The Kier molecular flexibility index (Phi) is 3.83. The highest BCUT2D eigenvalue weighted by molar-refractivity contribution is 7.17. The second kappa shape index (κ2) is 4.93. The van der Waals surface area contributed by atoms with Crippen molar-refractivity contribution in [2.45, 2.75) is 19.9 Å². The van der Waals surface area contributed by atoms with Crippen LogP contribution < -0.4 is 11.1 Å². The number of methoxy groups -OCH3 is 1. The molecule has 16 heavy (non-hydrogen) atoms. The minimum atomic E-state index is -0.694. The summed E-state index contributed by atoms with van der Waals surface area (Å²) in [6.45, 7) is 3.23. The van der Waals surface area contributed by atoms with Gasteiger partial charge in [0.2, 0.25) is 0 Å². The third kappa shape index (κ3) is 2.69. The molecule has 1 amide bonds. The molecule has 88 valence electrons. The summed E-state index contributed by atoms with van der Waals surface area (Å²) in [4.78, 5) is 27.1. The monoisotopic (exact) mass is 243 g/mol. The first-order valence-corrected chi connectivity index (χ1v) is 5.39. The number of amides is 1. The van der Waals surface area contributed by atoms with Crippen molar-refractivity contribution in [2.24, 2.45) is 0 Å². The summed E-state index contributed by atoms with van der Waals surface area (Å²) >= 11 is 1.09. The average Bonchev–Trinajstić information content (AvgIpc) is 2.56. The number of esters is 1. The van der Waals surface area contributed by atoms with Gasteiger partial charge in [-0.3, -0.25) is 4.79 Å². The molecule has 0 radical (unpaired) electrons. The van der Waals surface area contributed by atoms with E-state index in [4.69, 9.17) is 5.73 Å². The van der Waals surface area contributed by atoms with Crippen LogP contribution in [0.15, 0.2) is 0 Å². The zero-order valence-corrected chi connectivity index (χ0v) is 10.1. The summed E-state index contributed by atoms with van der Waals surface area (Å²) in [6.07, 6.45) is 0. The van der Waals surface area contributed by atoms with Gasteiger partial charge in [0.05, 0.1) is 12.8 Å². The van der Waals surface area contributed by atoms with Crippen molar-refractivity contribution >= 4 is 28.3 Å². The number of carbonyl (C=O) groups is 2. The van der Waals surface area contributed by atoms with Gasteiger partial charge in [0.25, 0.3) is 5.91 Å². The zero-order chi connectivity index (χ0) is 12.3. The molecule has 0 spiro atoms. The minimum Gasteiger partial charge on any atom is -0.467 e. The number of rotatable bonds is 3.